The molecule has 1 unspecified atom stereocenters. The number of methoxy groups -OCH3 is 1. The number of para-hydroxylation sites is 1. The molecule has 26 heavy (non-hydrogen) atoms. The van der Waals surface area contributed by atoms with Gasteiger partial charge in [-0.25, -0.2) is 13.2 Å². The average molecular weight is 377 g/mol. The first-order chi connectivity index (χ1) is 12.3. The van der Waals surface area contributed by atoms with E-state index in [0.29, 0.717) is 17.8 Å². The number of carbonyl (C=O) groups is 2. The van der Waals surface area contributed by atoms with Crippen molar-refractivity contribution in [3.05, 3.63) is 47.3 Å². The van der Waals surface area contributed by atoms with Crippen LogP contribution in [0.5, 0.6) is 0 Å². The maximum absolute atomic E-state index is 12.5. The van der Waals surface area contributed by atoms with Crippen LogP contribution in [0.2, 0.25) is 0 Å². The zero-order chi connectivity index (χ0) is 18.9. The monoisotopic (exact) mass is 377 g/mol. The van der Waals surface area contributed by atoms with Crippen molar-refractivity contribution >= 4 is 27.4 Å². The Morgan fingerprint density at radius 2 is 2.04 bits per heavy atom. The van der Waals surface area contributed by atoms with E-state index in [-0.39, 0.29) is 28.8 Å². The summed E-state index contributed by atoms with van der Waals surface area (Å²) in [6.45, 7) is 1.77. The second kappa shape index (κ2) is 6.91. The zero-order valence-corrected chi connectivity index (χ0v) is 15.2. The quantitative estimate of drug-likeness (QED) is 0.811. The van der Waals surface area contributed by atoms with Crippen LogP contribution in [-0.4, -0.2) is 48.7 Å². The number of carbonyl (C=O) groups excluding carboxylic acids is 2. The molecule has 138 valence electrons. The highest BCUT2D eigenvalue weighted by Crippen LogP contribution is 2.25. The average Bonchev–Trinajstić information content (AvgIpc) is 3.16. The SMILES string of the molecule is COC(=O)c1ccccc1NC(=O)c1cc(C)n(C2CCS(=O)(=O)C2)n1. The highest BCUT2D eigenvalue weighted by molar-refractivity contribution is 7.91. The van der Waals surface area contributed by atoms with Gasteiger partial charge in [0.25, 0.3) is 5.91 Å². The first-order valence-corrected chi connectivity index (χ1v) is 9.88. The summed E-state index contributed by atoms with van der Waals surface area (Å²) in [5.74, 6) is -0.880. The van der Waals surface area contributed by atoms with Crippen LogP contribution in [0.4, 0.5) is 5.69 Å². The van der Waals surface area contributed by atoms with E-state index in [1.807, 2.05) is 0 Å². The molecule has 3 rings (SSSR count). The van der Waals surface area contributed by atoms with Crippen molar-refractivity contribution in [2.45, 2.75) is 19.4 Å². The predicted octanol–water partition coefficient (Wildman–Crippen LogP) is 1.59. The number of nitrogens with one attached hydrogen (secondary N) is 1. The van der Waals surface area contributed by atoms with Crippen molar-refractivity contribution in [2.24, 2.45) is 0 Å². The van der Waals surface area contributed by atoms with Crippen molar-refractivity contribution in [3.8, 4) is 0 Å². The molecular formula is C17H19N3O5S. The van der Waals surface area contributed by atoms with Gasteiger partial charge < -0.3 is 10.1 Å². The van der Waals surface area contributed by atoms with Gasteiger partial charge in [0.1, 0.15) is 0 Å². The summed E-state index contributed by atoms with van der Waals surface area (Å²) in [4.78, 5) is 24.3. The molecule has 1 saturated heterocycles. The number of aryl methyl sites for hydroxylation is 1. The highest BCUT2D eigenvalue weighted by Gasteiger charge is 2.31. The number of anilines is 1. The summed E-state index contributed by atoms with van der Waals surface area (Å²) in [7, 11) is -1.79. The Morgan fingerprint density at radius 1 is 1.31 bits per heavy atom. The Hall–Kier alpha value is -2.68. The van der Waals surface area contributed by atoms with E-state index in [0.717, 1.165) is 0 Å². The lowest BCUT2D eigenvalue weighted by Crippen LogP contribution is -2.18. The minimum atomic E-state index is -3.05. The van der Waals surface area contributed by atoms with Crippen molar-refractivity contribution in [3.63, 3.8) is 0 Å². The summed E-state index contributed by atoms with van der Waals surface area (Å²) >= 11 is 0. The molecule has 8 nitrogen and oxygen atoms in total. The van der Waals surface area contributed by atoms with Crippen LogP contribution in [0, 0.1) is 6.92 Å². The maximum Gasteiger partial charge on any atom is 0.339 e. The number of nitrogens with zero attached hydrogens (tertiary/aromatic N) is 2. The van der Waals surface area contributed by atoms with E-state index in [2.05, 4.69) is 10.4 Å². The number of amides is 1. The molecule has 1 N–H and O–H groups in total. The van der Waals surface area contributed by atoms with Gasteiger partial charge in [-0.15, -0.1) is 0 Å². The van der Waals surface area contributed by atoms with Crippen LogP contribution in [0.25, 0.3) is 0 Å². The largest absolute Gasteiger partial charge is 0.465 e. The second-order valence-electron chi connectivity index (χ2n) is 6.16. The third-order valence-electron chi connectivity index (χ3n) is 4.29. The van der Waals surface area contributed by atoms with E-state index in [1.165, 1.54) is 7.11 Å². The minimum absolute atomic E-state index is 0.0295. The number of hydrogen-bond donors (Lipinski definition) is 1. The molecule has 1 aliphatic heterocycles. The Labute approximate surface area is 151 Å². The lowest BCUT2D eigenvalue weighted by molar-refractivity contribution is 0.0602. The molecule has 0 radical (unpaired) electrons. The third-order valence-corrected chi connectivity index (χ3v) is 6.04. The molecule has 2 aromatic rings. The fraction of sp³-hybridized carbons (Fsp3) is 0.353. The third kappa shape index (κ3) is 3.62. The van der Waals surface area contributed by atoms with Crippen LogP contribution < -0.4 is 5.32 Å². The Morgan fingerprint density at radius 3 is 2.69 bits per heavy atom. The maximum atomic E-state index is 12.5. The van der Waals surface area contributed by atoms with E-state index in [4.69, 9.17) is 4.74 Å². The molecule has 1 aromatic carbocycles. The van der Waals surface area contributed by atoms with E-state index >= 15 is 0 Å². The van der Waals surface area contributed by atoms with Crippen molar-refractivity contribution in [2.75, 3.05) is 23.9 Å². The molecule has 2 heterocycles. The first-order valence-electron chi connectivity index (χ1n) is 8.06. The van der Waals surface area contributed by atoms with Gasteiger partial charge in [-0.3, -0.25) is 9.48 Å². The topological polar surface area (TPSA) is 107 Å². The Balaban J connectivity index is 1.82. The predicted molar refractivity (Wildman–Crippen MR) is 95.0 cm³/mol. The summed E-state index contributed by atoms with van der Waals surface area (Å²) in [5.41, 5.74) is 1.42. The second-order valence-corrected chi connectivity index (χ2v) is 8.39. The van der Waals surface area contributed by atoms with Gasteiger partial charge >= 0.3 is 5.97 Å². The summed E-state index contributed by atoms with van der Waals surface area (Å²) < 4.78 is 29.6. The first kappa shape index (κ1) is 18.1. The summed E-state index contributed by atoms with van der Waals surface area (Å²) in [6, 6.07) is 7.84. The van der Waals surface area contributed by atoms with Crippen molar-refractivity contribution in [1.29, 1.82) is 0 Å². The molecule has 1 aromatic heterocycles. The lowest BCUT2D eigenvalue weighted by atomic mass is 10.1. The van der Waals surface area contributed by atoms with Gasteiger partial charge in [0, 0.05) is 5.69 Å². The van der Waals surface area contributed by atoms with Gasteiger partial charge in [0.2, 0.25) is 0 Å². The van der Waals surface area contributed by atoms with Crippen molar-refractivity contribution < 1.29 is 22.7 Å². The number of hydrogen-bond acceptors (Lipinski definition) is 6. The van der Waals surface area contributed by atoms with Gasteiger partial charge in [0.05, 0.1) is 35.9 Å². The molecule has 0 aliphatic carbocycles. The molecule has 1 amide bonds. The fourth-order valence-electron chi connectivity index (χ4n) is 3.00. The Kier molecular flexibility index (Phi) is 4.82. The minimum Gasteiger partial charge on any atom is -0.465 e. The van der Waals surface area contributed by atoms with Crippen LogP contribution in [0.15, 0.2) is 30.3 Å². The normalized spacial score (nSPS) is 18.5. The zero-order valence-electron chi connectivity index (χ0n) is 14.4. The molecule has 9 heteroatoms. The van der Waals surface area contributed by atoms with Crippen LogP contribution in [-0.2, 0) is 14.6 Å². The molecule has 0 bridgehead atoms. The number of esters is 1. The van der Waals surface area contributed by atoms with Gasteiger partial charge in [-0.05, 0) is 31.5 Å². The number of ether oxygens (including phenoxy) is 1. The van der Waals surface area contributed by atoms with E-state index in [1.54, 1.807) is 41.9 Å². The Bertz CT molecular complexity index is 965. The highest BCUT2D eigenvalue weighted by atomic mass is 32.2. The van der Waals surface area contributed by atoms with Crippen molar-refractivity contribution in [1.82, 2.24) is 9.78 Å². The number of benzene rings is 1. The van der Waals surface area contributed by atoms with E-state index in [9.17, 15) is 18.0 Å². The van der Waals surface area contributed by atoms with Crippen LogP contribution >= 0.6 is 0 Å². The fourth-order valence-corrected chi connectivity index (χ4v) is 4.70. The molecule has 1 fully saturated rings. The number of rotatable bonds is 4. The standard InChI is InChI=1S/C17H19N3O5S/c1-11-9-15(19-20(11)12-7-8-26(23,24)10-12)16(21)18-14-6-4-3-5-13(14)17(22)25-2/h3-6,9,12H,7-8,10H2,1-2H3,(H,18,21). The number of sulfone groups is 1. The molecule has 0 spiro atoms. The molecule has 0 saturated carbocycles. The molecule has 1 atom stereocenters. The molecular weight excluding hydrogens is 358 g/mol. The van der Waals surface area contributed by atoms with Crippen LogP contribution in [0.3, 0.4) is 0 Å². The van der Waals surface area contributed by atoms with Gasteiger partial charge in [-0.1, -0.05) is 12.1 Å². The summed E-state index contributed by atoms with van der Waals surface area (Å²) in [5, 5.41) is 6.93. The van der Waals surface area contributed by atoms with Gasteiger partial charge in [0.15, 0.2) is 15.5 Å². The number of aromatic nitrogens is 2. The van der Waals surface area contributed by atoms with E-state index < -0.39 is 21.7 Å². The van der Waals surface area contributed by atoms with Crippen LogP contribution in [0.1, 0.15) is 39.0 Å². The summed E-state index contributed by atoms with van der Waals surface area (Å²) in [6.07, 6.45) is 0.483. The smallest absolute Gasteiger partial charge is 0.339 e. The lowest BCUT2D eigenvalue weighted by Gasteiger charge is -2.10. The molecule has 1 aliphatic rings. The van der Waals surface area contributed by atoms with Gasteiger partial charge in [-0.2, -0.15) is 5.10 Å².